The molecule has 0 aliphatic rings. The number of hydrogen-bond donors (Lipinski definition) is 1. The third kappa shape index (κ3) is 4.70. The number of carbonyl (C=O) groups is 1. The molecule has 0 saturated heterocycles. The molecule has 0 fully saturated rings. The quantitative estimate of drug-likeness (QED) is 0.418. The maximum absolute atomic E-state index is 12.3. The van der Waals surface area contributed by atoms with E-state index in [4.69, 9.17) is 4.74 Å². The lowest BCUT2D eigenvalue weighted by Gasteiger charge is -2.13. The van der Waals surface area contributed by atoms with E-state index in [1.54, 1.807) is 26.0 Å². The summed E-state index contributed by atoms with van der Waals surface area (Å²) in [5.74, 6) is -0.282. The first-order chi connectivity index (χ1) is 13.2. The fourth-order valence-electron chi connectivity index (χ4n) is 2.57. The van der Waals surface area contributed by atoms with Crippen LogP contribution in [0, 0.1) is 34.1 Å². The summed E-state index contributed by atoms with van der Waals surface area (Å²) in [5, 5.41) is 24.6. The van der Waals surface area contributed by atoms with Crippen LogP contribution in [0.2, 0.25) is 0 Å². The van der Waals surface area contributed by atoms with E-state index in [0.717, 1.165) is 5.56 Å². The van der Waals surface area contributed by atoms with Crippen molar-refractivity contribution in [3.63, 3.8) is 0 Å². The van der Waals surface area contributed by atoms with Gasteiger partial charge in [0.15, 0.2) is 6.61 Å². The highest BCUT2D eigenvalue weighted by atomic mass is 16.6. The largest absolute Gasteiger partial charge is 0.483 e. The topological polar surface area (TPSA) is 125 Å². The maximum atomic E-state index is 12.3. The van der Waals surface area contributed by atoms with Crippen molar-refractivity contribution in [2.24, 2.45) is 0 Å². The third-order valence-electron chi connectivity index (χ3n) is 4.15. The lowest BCUT2D eigenvalue weighted by Crippen LogP contribution is -2.22. The normalized spacial score (nSPS) is 10.2. The average Bonchev–Trinajstić information content (AvgIpc) is 2.64. The number of nitro benzene ring substituents is 2. The Hall–Kier alpha value is -3.75. The van der Waals surface area contributed by atoms with E-state index in [9.17, 15) is 25.0 Å². The Bertz CT molecular complexity index is 955. The highest BCUT2D eigenvalue weighted by Crippen LogP contribution is 2.30. The van der Waals surface area contributed by atoms with E-state index >= 15 is 0 Å². The van der Waals surface area contributed by atoms with Gasteiger partial charge in [0.2, 0.25) is 0 Å². The van der Waals surface area contributed by atoms with E-state index in [1.807, 2.05) is 0 Å². The minimum Gasteiger partial charge on any atom is -0.483 e. The zero-order chi connectivity index (χ0) is 20.8. The number of hydrogen-bond acceptors (Lipinski definition) is 6. The van der Waals surface area contributed by atoms with Gasteiger partial charge in [0.1, 0.15) is 11.4 Å². The molecule has 2 aromatic rings. The van der Waals surface area contributed by atoms with Gasteiger partial charge in [-0.25, -0.2) is 0 Å². The number of allylic oxidation sites excluding steroid dienone is 1. The molecule has 28 heavy (non-hydrogen) atoms. The van der Waals surface area contributed by atoms with Crippen molar-refractivity contribution in [1.82, 2.24) is 0 Å². The monoisotopic (exact) mass is 385 g/mol. The molecule has 1 amide bonds. The molecule has 0 aliphatic heterocycles. The van der Waals surface area contributed by atoms with Gasteiger partial charge in [-0.3, -0.25) is 25.0 Å². The molecular formula is C19H19N3O6. The molecule has 2 aromatic carbocycles. The number of nitrogens with zero attached hydrogens (tertiary/aromatic N) is 2. The van der Waals surface area contributed by atoms with Crippen molar-refractivity contribution in [2.75, 3.05) is 11.9 Å². The zero-order valence-corrected chi connectivity index (χ0v) is 15.4. The molecule has 0 heterocycles. The number of anilines is 1. The van der Waals surface area contributed by atoms with Gasteiger partial charge in [-0.2, -0.15) is 0 Å². The van der Waals surface area contributed by atoms with Crippen molar-refractivity contribution in [1.29, 1.82) is 0 Å². The molecule has 0 radical (unpaired) electrons. The smallest absolute Gasteiger partial charge is 0.293 e. The first-order valence-corrected chi connectivity index (χ1v) is 8.30. The Labute approximate surface area is 160 Å². The summed E-state index contributed by atoms with van der Waals surface area (Å²) in [6.07, 6.45) is 1.88. The Morgan fingerprint density at radius 1 is 1.18 bits per heavy atom. The first kappa shape index (κ1) is 20.6. The molecule has 0 spiro atoms. The third-order valence-corrected chi connectivity index (χ3v) is 4.15. The fraction of sp³-hybridized carbons (Fsp3) is 0.211. The van der Waals surface area contributed by atoms with Crippen molar-refractivity contribution < 1.29 is 19.4 Å². The number of rotatable bonds is 8. The van der Waals surface area contributed by atoms with Crippen LogP contribution in [0.5, 0.6) is 5.75 Å². The van der Waals surface area contributed by atoms with Crippen LogP contribution in [0.25, 0.3) is 0 Å². The standard InChI is InChI=1S/C19H19N3O6/c1-4-5-14-10-15(21(24)25)7-9-17(14)28-11-18(23)20-19-13(3)12(2)6-8-16(19)22(26)27/h4,6-10H,1,5,11H2,2-3H3,(H,20,23). The Kier molecular flexibility index (Phi) is 6.43. The highest BCUT2D eigenvalue weighted by Gasteiger charge is 2.20. The number of nitrogens with one attached hydrogen (secondary N) is 1. The Balaban J connectivity index is 2.18. The summed E-state index contributed by atoms with van der Waals surface area (Å²) < 4.78 is 5.48. The molecule has 146 valence electrons. The predicted molar refractivity (Wildman–Crippen MR) is 104 cm³/mol. The van der Waals surface area contributed by atoms with E-state index < -0.39 is 22.4 Å². The number of ether oxygens (including phenoxy) is 1. The molecular weight excluding hydrogens is 366 g/mol. The number of carbonyl (C=O) groups excluding carboxylic acids is 1. The van der Waals surface area contributed by atoms with Crippen molar-refractivity contribution in [3.8, 4) is 5.75 Å². The molecule has 1 N–H and O–H groups in total. The second-order valence-electron chi connectivity index (χ2n) is 6.04. The van der Waals surface area contributed by atoms with Crippen molar-refractivity contribution in [2.45, 2.75) is 20.3 Å². The summed E-state index contributed by atoms with van der Waals surface area (Å²) in [7, 11) is 0. The molecule has 0 atom stereocenters. The summed E-state index contributed by atoms with van der Waals surface area (Å²) >= 11 is 0. The molecule has 0 unspecified atom stereocenters. The van der Waals surface area contributed by atoms with Crippen LogP contribution in [-0.4, -0.2) is 22.4 Å². The minimum absolute atomic E-state index is 0.0975. The number of benzene rings is 2. The second-order valence-corrected chi connectivity index (χ2v) is 6.04. The number of non-ortho nitro benzene ring substituents is 1. The van der Waals surface area contributed by atoms with Crippen LogP contribution in [0.4, 0.5) is 17.1 Å². The van der Waals surface area contributed by atoms with Gasteiger partial charge >= 0.3 is 0 Å². The summed E-state index contributed by atoms with van der Waals surface area (Å²) in [6.45, 7) is 6.65. The van der Waals surface area contributed by atoms with Crippen molar-refractivity contribution in [3.05, 3.63) is 79.9 Å². The molecule has 0 aromatic heterocycles. The summed E-state index contributed by atoms with van der Waals surface area (Å²) in [6, 6.07) is 6.97. The van der Waals surface area contributed by atoms with Crippen LogP contribution < -0.4 is 10.1 Å². The van der Waals surface area contributed by atoms with E-state index in [0.29, 0.717) is 23.3 Å². The van der Waals surface area contributed by atoms with Gasteiger partial charge < -0.3 is 10.1 Å². The number of aryl methyl sites for hydroxylation is 1. The predicted octanol–water partition coefficient (Wildman–Crippen LogP) is 3.87. The van der Waals surface area contributed by atoms with Crippen LogP contribution in [0.1, 0.15) is 16.7 Å². The van der Waals surface area contributed by atoms with Crippen LogP contribution in [0.3, 0.4) is 0 Å². The minimum atomic E-state index is -0.584. The van der Waals surface area contributed by atoms with Crippen molar-refractivity contribution >= 4 is 23.0 Å². The summed E-state index contributed by atoms with van der Waals surface area (Å²) in [5.41, 5.74) is 1.71. The highest BCUT2D eigenvalue weighted by molar-refractivity contribution is 5.95. The molecule has 9 heteroatoms. The average molecular weight is 385 g/mol. The van der Waals surface area contributed by atoms with Gasteiger partial charge in [0, 0.05) is 23.8 Å². The van der Waals surface area contributed by atoms with Crippen LogP contribution >= 0.6 is 0 Å². The molecule has 0 bridgehead atoms. The number of amides is 1. The van der Waals surface area contributed by atoms with Gasteiger partial charge in [-0.05, 0) is 37.5 Å². The van der Waals surface area contributed by atoms with Crippen LogP contribution in [-0.2, 0) is 11.2 Å². The fourth-order valence-corrected chi connectivity index (χ4v) is 2.57. The lowest BCUT2D eigenvalue weighted by atomic mass is 10.1. The van der Waals surface area contributed by atoms with Gasteiger partial charge in [0.25, 0.3) is 17.3 Å². The summed E-state index contributed by atoms with van der Waals surface area (Å²) in [4.78, 5) is 33.3. The van der Waals surface area contributed by atoms with Gasteiger partial charge in [-0.1, -0.05) is 12.1 Å². The first-order valence-electron chi connectivity index (χ1n) is 8.30. The zero-order valence-electron chi connectivity index (χ0n) is 15.4. The lowest BCUT2D eigenvalue weighted by molar-refractivity contribution is -0.385. The maximum Gasteiger partial charge on any atom is 0.293 e. The van der Waals surface area contributed by atoms with E-state index in [2.05, 4.69) is 11.9 Å². The molecule has 2 rings (SSSR count). The van der Waals surface area contributed by atoms with E-state index in [1.165, 1.54) is 24.3 Å². The number of nitro groups is 2. The molecule has 0 aliphatic carbocycles. The Morgan fingerprint density at radius 3 is 2.50 bits per heavy atom. The van der Waals surface area contributed by atoms with Gasteiger partial charge in [-0.15, -0.1) is 6.58 Å². The van der Waals surface area contributed by atoms with Gasteiger partial charge in [0.05, 0.1) is 9.85 Å². The second kappa shape index (κ2) is 8.76. The Morgan fingerprint density at radius 2 is 1.89 bits per heavy atom. The molecule has 9 nitrogen and oxygen atoms in total. The van der Waals surface area contributed by atoms with Crippen LogP contribution in [0.15, 0.2) is 43.0 Å². The molecule has 0 saturated carbocycles. The SMILES string of the molecule is C=CCc1cc([N+](=O)[O-])ccc1OCC(=O)Nc1c([N+](=O)[O-])ccc(C)c1C. The van der Waals surface area contributed by atoms with E-state index in [-0.39, 0.29) is 17.1 Å².